The molecule has 5 rings (SSSR count). The zero-order valence-electron chi connectivity index (χ0n) is 23.7. The van der Waals surface area contributed by atoms with Crippen LogP contribution in [0.15, 0.2) is 96.2 Å². The van der Waals surface area contributed by atoms with Crippen LogP contribution in [0.2, 0.25) is 0 Å². The maximum atomic E-state index is 12.6. The van der Waals surface area contributed by atoms with Gasteiger partial charge in [-0.15, -0.1) is 0 Å². The van der Waals surface area contributed by atoms with E-state index in [9.17, 15) is 9.90 Å². The summed E-state index contributed by atoms with van der Waals surface area (Å²) in [5.41, 5.74) is 6.91. The van der Waals surface area contributed by atoms with Crippen molar-refractivity contribution in [1.82, 2.24) is 19.9 Å². The highest BCUT2D eigenvalue weighted by Gasteiger charge is 2.18. The number of benzene rings is 3. The Morgan fingerprint density at radius 1 is 1.00 bits per heavy atom. The average molecular weight is 547 g/mol. The van der Waals surface area contributed by atoms with Crippen LogP contribution in [-0.2, 0) is 13.5 Å². The van der Waals surface area contributed by atoms with E-state index in [1.807, 2.05) is 102 Å². The number of aliphatic hydroxyl groups is 1. The van der Waals surface area contributed by atoms with Gasteiger partial charge in [-0.2, -0.15) is 0 Å². The molecule has 3 aromatic carbocycles. The Labute approximate surface area is 240 Å². The lowest BCUT2D eigenvalue weighted by atomic mass is 10.0. The van der Waals surface area contributed by atoms with Crippen molar-refractivity contribution in [3.63, 3.8) is 0 Å². The standard InChI is InChI=1S/C33H34N6O2/c1-5-23-18-26(33(41)34-20-22(2)40)16-17-27(23)39(4)29-19-28-31(35-21-38(28)3)32(36-29)37-30(24-12-8-6-9-13-24)25-14-10-7-11-15-25/h6-19,21-22,40H,5,20H2,1-4H3,(H,34,41)/t22-/m1/s1. The molecule has 0 bridgehead atoms. The minimum absolute atomic E-state index is 0.202. The number of aromatic nitrogens is 3. The molecular weight excluding hydrogens is 512 g/mol. The van der Waals surface area contributed by atoms with Gasteiger partial charge in [0.25, 0.3) is 5.91 Å². The lowest BCUT2D eigenvalue weighted by molar-refractivity contribution is 0.0924. The van der Waals surface area contributed by atoms with Gasteiger partial charge in [0.15, 0.2) is 5.82 Å². The van der Waals surface area contributed by atoms with E-state index in [-0.39, 0.29) is 12.5 Å². The SMILES string of the molecule is CCc1cc(C(=O)NC[C@@H](C)O)ccc1N(C)c1cc2c(ncn2C)c(N=C(c2ccccc2)c2ccccc2)n1. The summed E-state index contributed by atoms with van der Waals surface area (Å²) in [6.45, 7) is 3.90. The molecule has 0 aliphatic heterocycles. The van der Waals surface area contributed by atoms with E-state index in [1.54, 1.807) is 19.3 Å². The summed E-state index contributed by atoms with van der Waals surface area (Å²) in [6, 6.07) is 27.8. The first-order valence-electron chi connectivity index (χ1n) is 13.7. The minimum atomic E-state index is -0.607. The average Bonchev–Trinajstić information content (AvgIpc) is 3.39. The van der Waals surface area contributed by atoms with Crippen molar-refractivity contribution >= 4 is 40.0 Å². The van der Waals surface area contributed by atoms with Crippen molar-refractivity contribution in [3.8, 4) is 0 Å². The van der Waals surface area contributed by atoms with Crippen molar-refractivity contribution in [2.24, 2.45) is 12.0 Å². The fourth-order valence-electron chi connectivity index (χ4n) is 4.74. The lowest BCUT2D eigenvalue weighted by Crippen LogP contribution is -2.30. The molecule has 0 aliphatic carbocycles. The molecule has 1 amide bonds. The van der Waals surface area contributed by atoms with E-state index in [0.717, 1.165) is 45.5 Å². The van der Waals surface area contributed by atoms with Crippen molar-refractivity contribution in [3.05, 3.63) is 114 Å². The third-order valence-electron chi connectivity index (χ3n) is 6.98. The van der Waals surface area contributed by atoms with Gasteiger partial charge in [0.1, 0.15) is 11.3 Å². The molecule has 2 aromatic heterocycles. The summed E-state index contributed by atoms with van der Waals surface area (Å²) < 4.78 is 1.97. The number of amides is 1. The smallest absolute Gasteiger partial charge is 0.251 e. The number of hydrogen-bond acceptors (Lipinski definition) is 6. The number of aryl methyl sites for hydroxylation is 2. The van der Waals surface area contributed by atoms with Crippen LogP contribution in [-0.4, -0.2) is 51.0 Å². The molecule has 0 fully saturated rings. The molecule has 8 nitrogen and oxygen atoms in total. The molecule has 0 spiro atoms. The van der Waals surface area contributed by atoms with Crippen LogP contribution in [0.5, 0.6) is 0 Å². The molecule has 2 heterocycles. The number of aliphatic hydroxyl groups excluding tert-OH is 1. The molecule has 5 aromatic rings. The van der Waals surface area contributed by atoms with Crippen LogP contribution in [0.3, 0.4) is 0 Å². The number of fused-ring (bicyclic) bond motifs is 1. The van der Waals surface area contributed by atoms with Gasteiger partial charge in [-0.3, -0.25) is 4.79 Å². The van der Waals surface area contributed by atoms with Crippen molar-refractivity contribution in [2.45, 2.75) is 26.4 Å². The Morgan fingerprint density at radius 2 is 1.66 bits per heavy atom. The first-order chi connectivity index (χ1) is 19.9. The Hall–Kier alpha value is -4.82. The largest absolute Gasteiger partial charge is 0.392 e. The van der Waals surface area contributed by atoms with Crippen LogP contribution in [0.1, 0.15) is 40.9 Å². The Balaban J connectivity index is 1.60. The van der Waals surface area contributed by atoms with Crippen LogP contribution >= 0.6 is 0 Å². The second-order valence-electron chi connectivity index (χ2n) is 10.0. The number of pyridine rings is 1. The maximum Gasteiger partial charge on any atom is 0.251 e. The van der Waals surface area contributed by atoms with Gasteiger partial charge in [-0.25, -0.2) is 15.0 Å². The van der Waals surface area contributed by atoms with E-state index in [1.165, 1.54) is 0 Å². The summed E-state index contributed by atoms with van der Waals surface area (Å²) in [6.07, 6.45) is 1.89. The molecule has 1 atom stereocenters. The summed E-state index contributed by atoms with van der Waals surface area (Å²) in [4.78, 5) is 29.4. The number of carbonyl (C=O) groups is 1. The maximum absolute atomic E-state index is 12.6. The molecule has 0 aliphatic rings. The summed E-state index contributed by atoms with van der Waals surface area (Å²) >= 11 is 0. The van der Waals surface area contributed by atoms with Crippen molar-refractivity contribution in [1.29, 1.82) is 0 Å². The molecule has 0 saturated heterocycles. The second kappa shape index (κ2) is 12.1. The van der Waals surface area contributed by atoms with Gasteiger partial charge in [-0.1, -0.05) is 67.6 Å². The zero-order chi connectivity index (χ0) is 28.9. The van der Waals surface area contributed by atoms with Crippen LogP contribution < -0.4 is 10.2 Å². The van der Waals surface area contributed by atoms with Crippen LogP contribution in [0.25, 0.3) is 11.0 Å². The molecule has 8 heteroatoms. The molecule has 41 heavy (non-hydrogen) atoms. The predicted molar refractivity (Wildman–Crippen MR) is 165 cm³/mol. The summed E-state index contributed by atoms with van der Waals surface area (Å²) in [5, 5.41) is 12.3. The second-order valence-corrected chi connectivity index (χ2v) is 10.0. The summed E-state index contributed by atoms with van der Waals surface area (Å²) in [5.74, 6) is 1.02. The number of imidazole rings is 1. The number of nitrogens with one attached hydrogen (secondary N) is 1. The topological polar surface area (TPSA) is 95.6 Å². The van der Waals surface area contributed by atoms with Gasteiger partial charge in [0.2, 0.25) is 0 Å². The van der Waals surface area contributed by atoms with Gasteiger partial charge in [0, 0.05) is 49.1 Å². The first-order valence-corrected chi connectivity index (χ1v) is 13.7. The number of aliphatic imine (C=N–C) groups is 1. The lowest BCUT2D eigenvalue weighted by Gasteiger charge is -2.22. The fourth-order valence-corrected chi connectivity index (χ4v) is 4.74. The van der Waals surface area contributed by atoms with Gasteiger partial charge in [-0.05, 0) is 37.1 Å². The molecule has 2 N–H and O–H groups in total. The van der Waals surface area contributed by atoms with Crippen LogP contribution in [0, 0.1) is 0 Å². The Morgan fingerprint density at radius 3 is 2.27 bits per heavy atom. The molecule has 208 valence electrons. The predicted octanol–water partition coefficient (Wildman–Crippen LogP) is 5.58. The number of hydrogen-bond donors (Lipinski definition) is 2. The highest BCUT2D eigenvalue weighted by Crippen LogP contribution is 2.33. The van der Waals surface area contributed by atoms with E-state index in [0.29, 0.717) is 17.2 Å². The minimum Gasteiger partial charge on any atom is -0.392 e. The molecular formula is C33H34N6O2. The molecule has 0 radical (unpaired) electrons. The highest BCUT2D eigenvalue weighted by atomic mass is 16.3. The number of carbonyl (C=O) groups excluding carboxylic acids is 1. The zero-order valence-corrected chi connectivity index (χ0v) is 23.7. The Bertz CT molecular complexity index is 1650. The number of nitrogens with zero attached hydrogens (tertiary/aromatic N) is 5. The fraction of sp³-hybridized carbons (Fsp3) is 0.212. The number of rotatable bonds is 9. The van der Waals surface area contributed by atoms with Crippen molar-refractivity contribution < 1.29 is 9.90 Å². The van der Waals surface area contributed by atoms with E-state index >= 15 is 0 Å². The van der Waals surface area contributed by atoms with Crippen molar-refractivity contribution in [2.75, 3.05) is 18.5 Å². The third kappa shape index (κ3) is 6.02. The van der Waals surface area contributed by atoms with Gasteiger partial charge in [0.05, 0.1) is 23.7 Å². The van der Waals surface area contributed by atoms with E-state index in [2.05, 4.69) is 17.2 Å². The van der Waals surface area contributed by atoms with E-state index < -0.39 is 6.10 Å². The number of anilines is 2. The monoisotopic (exact) mass is 546 g/mol. The highest BCUT2D eigenvalue weighted by molar-refractivity contribution is 6.14. The molecule has 0 saturated carbocycles. The Kier molecular flexibility index (Phi) is 8.21. The quantitative estimate of drug-likeness (QED) is 0.236. The van der Waals surface area contributed by atoms with E-state index in [4.69, 9.17) is 9.98 Å². The summed E-state index contributed by atoms with van der Waals surface area (Å²) in [7, 11) is 3.93. The molecule has 0 unspecified atom stereocenters. The van der Waals surface area contributed by atoms with Crippen LogP contribution in [0.4, 0.5) is 17.3 Å². The normalized spacial score (nSPS) is 11.7. The van der Waals surface area contributed by atoms with Gasteiger partial charge < -0.3 is 19.9 Å². The van der Waals surface area contributed by atoms with Gasteiger partial charge >= 0.3 is 0 Å². The first kappa shape index (κ1) is 27.7. The third-order valence-corrected chi connectivity index (χ3v) is 6.98.